The summed E-state index contributed by atoms with van der Waals surface area (Å²) in [5.41, 5.74) is 2.45. The monoisotopic (exact) mass is 439 g/mol. The fourth-order valence-electron chi connectivity index (χ4n) is 3.52. The van der Waals surface area contributed by atoms with Gasteiger partial charge in [0.15, 0.2) is 0 Å². The highest BCUT2D eigenvalue weighted by Gasteiger charge is 2.24. The molecule has 0 spiro atoms. The van der Waals surface area contributed by atoms with E-state index in [1.54, 1.807) is 29.9 Å². The van der Waals surface area contributed by atoms with Crippen molar-refractivity contribution in [1.29, 1.82) is 0 Å². The normalized spacial score (nSPS) is 13.8. The molecular formula is C23H22FN3O3S. The molecule has 3 aromatic carbocycles. The number of hydrogen-bond acceptors (Lipinski definition) is 4. The van der Waals surface area contributed by atoms with Crippen molar-refractivity contribution in [3.05, 3.63) is 90.4 Å². The first-order valence-electron chi connectivity index (χ1n) is 9.73. The van der Waals surface area contributed by atoms with E-state index in [-0.39, 0.29) is 5.82 Å². The van der Waals surface area contributed by atoms with Crippen LogP contribution in [0.1, 0.15) is 18.6 Å². The third kappa shape index (κ3) is 4.92. The Hall–Kier alpha value is -3.23. The van der Waals surface area contributed by atoms with Crippen molar-refractivity contribution < 1.29 is 17.5 Å². The van der Waals surface area contributed by atoms with Crippen LogP contribution in [0.5, 0.6) is 5.75 Å². The van der Waals surface area contributed by atoms with Gasteiger partial charge in [-0.1, -0.05) is 30.3 Å². The average molecular weight is 440 g/mol. The smallest absolute Gasteiger partial charge is 0.209 e. The molecule has 1 N–H and O–H groups in total. The molecule has 0 aliphatic carbocycles. The Labute approximate surface area is 180 Å². The Morgan fingerprint density at radius 2 is 1.74 bits per heavy atom. The molecule has 0 fully saturated rings. The minimum atomic E-state index is -3.40. The summed E-state index contributed by atoms with van der Waals surface area (Å²) in [5, 5.41) is 5.25. The first kappa shape index (κ1) is 21.0. The van der Waals surface area contributed by atoms with Crippen molar-refractivity contribution in [2.45, 2.75) is 19.1 Å². The number of aromatic nitrogens is 2. The second-order valence-corrected chi connectivity index (χ2v) is 9.16. The van der Waals surface area contributed by atoms with E-state index in [1.807, 2.05) is 48.5 Å². The number of fused-ring (bicyclic) bond motifs is 1. The van der Waals surface area contributed by atoms with Gasteiger partial charge in [-0.2, -0.15) is 5.10 Å². The van der Waals surface area contributed by atoms with Crippen LogP contribution in [0.2, 0.25) is 0 Å². The van der Waals surface area contributed by atoms with Crippen LogP contribution in [-0.4, -0.2) is 30.5 Å². The Balaban J connectivity index is 1.65. The van der Waals surface area contributed by atoms with Gasteiger partial charge < -0.3 is 4.74 Å². The fraction of sp³-hybridized carbons (Fsp3) is 0.174. The fourth-order valence-corrected chi connectivity index (χ4v) is 4.32. The Kier molecular flexibility index (Phi) is 5.75. The maximum Gasteiger partial charge on any atom is 0.209 e. The highest BCUT2D eigenvalue weighted by atomic mass is 32.2. The molecule has 4 aromatic rings. The average Bonchev–Trinajstić information content (AvgIpc) is 3.15. The lowest BCUT2D eigenvalue weighted by atomic mass is 10.0. The van der Waals surface area contributed by atoms with Crippen molar-refractivity contribution in [2.75, 3.05) is 6.26 Å². The number of halogens is 1. The van der Waals surface area contributed by atoms with E-state index in [9.17, 15) is 12.8 Å². The van der Waals surface area contributed by atoms with Gasteiger partial charge >= 0.3 is 0 Å². The van der Waals surface area contributed by atoms with Gasteiger partial charge in [0.2, 0.25) is 10.0 Å². The lowest BCUT2D eigenvalue weighted by Crippen LogP contribution is -2.38. The molecule has 4 rings (SSSR count). The second kappa shape index (κ2) is 8.49. The zero-order valence-electron chi connectivity index (χ0n) is 17.1. The highest BCUT2D eigenvalue weighted by molar-refractivity contribution is 7.88. The number of nitrogens with zero attached hydrogens (tertiary/aromatic N) is 2. The molecule has 0 bridgehead atoms. The molecule has 0 saturated heterocycles. The van der Waals surface area contributed by atoms with Crippen molar-refractivity contribution >= 4 is 20.9 Å². The van der Waals surface area contributed by atoms with E-state index in [1.165, 1.54) is 12.1 Å². The Morgan fingerprint density at radius 3 is 2.42 bits per heavy atom. The largest absolute Gasteiger partial charge is 0.484 e. The number of nitrogens with one attached hydrogen (secondary N) is 1. The van der Waals surface area contributed by atoms with Crippen molar-refractivity contribution in [1.82, 2.24) is 14.5 Å². The van der Waals surface area contributed by atoms with Gasteiger partial charge in [-0.15, -0.1) is 0 Å². The zero-order chi connectivity index (χ0) is 22.0. The van der Waals surface area contributed by atoms with Crippen molar-refractivity contribution in [3.8, 4) is 11.4 Å². The molecule has 2 atom stereocenters. The van der Waals surface area contributed by atoms with E-state index >= 15 is 0 Å². The molecule has 0 amide bonds. The maximum absolute atomic E-state index is 13.2. The van der Waals surface area contributed by atoms with Crippen LogP contribution in [0.25, 0.3) is 16.6 Å². The lowest BCUT2D eigenvalue weighted by Gasteiger charge is -2.26. The third-order valence-corrected chi connectivity index (χ3v) is 5.66. The Morgan fingerprint density at radius 1 is 1.03 bits per heavy atom. The minimum absolute atomic E-state index is 0.306. The van der Waals surface area contributed by atoms with Gasteiger partial charge in [0, 0.05) is 5.39 Å². The molecule has 1 aromatic heterocycles. The SMILES string of the molecule is CC(NS(C)(=O)=O)C(Oc1ccc2c(cnn2-c2ccc(F)cc2)c1)c1ccccc1. The lowest BCUT2D eigenvalue weighted by molar-refractivity contribution is 0.173. The van der Waals surface area contributed by atoms with Crippen LogP contribution in [0.15, 0.2) is 79.0 Å². The molecule has 0 saturated carbocycles. The van der Waals surface area contributed by atoms with E-state index in [0.29, 0.717) is 5.75 Å². The molecule has 0 aliphatic rings. The third-order valence-electron chi connectivity index (χ3n) is 4.86. The van der Waals surface area contributed by atoms with Gasteiger partial charge in [-0.05, 0) is 55.0 Å². The standard InChI is InChI=1S/C23H22FN3O3S/c1-16(26-31(2,28)29)23(17-6-4-3-5-7-17)30-21-12-13-22-18(14-21)15-25-27(22)20-10-8-19(24)9-11-20/h3-16,23,26H,1-2H3. The minimum Gasteiger partial charge on any atom is -0.484 e. The molecule has 31 heavy (non-hydrogen) atoms. The van der Waals surface area contributed by atoms with E-state index < -0.39 is 22.2 Å². The van der Waals surface area contributed by atoms with Gasteiger partial charge in [0.05, 0.1) is 29.7 Å². The van der Waals surface area contributed by atoms with E-state index in [0.717, 1.165) is 28.4 Å². The van der Waals surface area contributed by atoms with Gasteiger partial charge in [-0.25, -0.2) is 22.2 Å². The van der Waals surface area contributed by atoms with Crippen LogP contribution < -0.4 is 9.46 Å². The molecule has 0 radical (unpaired) electrons. The number of benzene rings is 3. The van der Waals surface area contributed by atoms with Crippen molar-refractivity contribution in [3.63, 3.8) is 0 Å². The molecule has 0 aliphatic heterocycles. The van der Waals surface area contributed by atoms with Crippen molar-refractivity contribution in [2.24, 2.45) is 0 Å². The summed E-state index contributed by atoms with van der Waals surface area (Å²) in [6.07, 6.45) is 2.31. The zero-order valence-corrected chi connectivity index (χ0v) is 17.9. The van der Waals surface area contributed by atoms with Crippen LogP contribution in [-0.2, 0) is 10.0 Å². The molecule has 1 heterocycles. The summed E-state index contributed by atoms with van der Waals surface area (Å²) in [4.78, 5) is 0. The summed E-state index contributed by atoms with van der Waals surface area (Å²) in [6, 6.07) is 20.6. The molecule has 8 heteroatoms. The van der Waals surface area contributed by atoms with Gasteiger partial charge in [-0.3, -0.25) is 0 Å². The first-order chi connectivity index (χ1) is 14.8. The second-order valence-electron chi connectivity index (χ2n) is 7.38. The van der Waals surface area contributed by atoms with Gasteiger partial charge in [0.1, 0.15) is 17.7 Å². The highest BCUT2D eigenvalue weighted by Crippen LogP contribution is 2.29. The number of rotatable bonds is 7. The maximum atomic E-state index is 13.2. The molecule has 6 nitrogen and oxygen atoms in total. The van der Waals surface area contributed by atoms with Crippen LogP contribution in [0.4, 0.5) is 4.39 Å². The Bertz CT molecular complexity index is 1290. The van der Waals surface area contributed by atoms with Crippen LogP contribution in [0.3, 0.4) is 0 Å². The number of ether oxygens (including phenoxy) is 1. The predicted molar refractivity (Wildman–Crippen MR) is 118 cm³/mol. The first-order valence-corrected chi connectivity index (χ1v) is 11.6. The summed E-state index contributed by atoms with van der Waals surface area (Å²) < 4.78 is 47.3. The number of hydrogen-bond donors (Lipinski definition) is 1. The van der Waals surface area contributed by atoms with E-state index in [2.05, 4.69) is 9.82 Å². The van der Waals surface area contributed by atoms with Gasteiger partial charge in [0.25, 0.3) is 0 Å². The number of sulfonamides is 1. The summed E-state index contributed by atoms with van der Waals surface area (Å²) in [6.45, 7) is 1.77. The van der Waals surface area contributed by atoms with Crippen LogP contribution >= 0.6 is 0 Å². The summed E-state index contributed by atoms with van der Waals surface area (Å²) >= 11 is 0. The quantitative estimate of drug-likeness (QED) is 0.468. The summed E-state index contributed by atoms with van der Waals surface area (Å²) in [5.74, 6) is 0.279. The summed E-state index contributed by atoms with van der Waals surface area (Å²) in [7, 11) is -3.40. The molecular weight excluding hydrogens is 417 g/mol. The predicted octanol–water partition coefficient (Wildman–Crippen LogP) is 4.22. The molecule has 2 unspecified atom stereocenters. The van der Waals surface area contributed by atoms with Crippen LogP contribution in [0, 0.1) is 5.82 Å². The topological polar surface area (TPSA) is 73.2 Å². The molecule has 160 valence electrons. The van der Waals surface area contributed by atoms with E-state index in [4.69, 9.17) is 4.74 Å².